The van der Waals surface area contributed by atoms with Gasteiger partial charge in [0.15, 0.2) is 16.3 Å². The molecule has 2 atom stereocenters. The van der Waals surface area contributed by atoms with Crippen molar-refractivity contribution in [3.63, 3.8) is 0 Å². The Labute approximate surface area is 222 Å². The molecule has 1 fully saturated rings. The molecule has 1 saturated heterocycles. The maximum absolute atomic E-state index is 13.9. The van der Waals surface area contributed by atoms with Crippen molar-refractivity contribution in [1.82, 2.24) is 33.6 Å². The van der Waals surface area contributed by atoms with Crippen molar-refractivity contribution in [3.8, 4) is 11.3 Å². The van der Waals surface area contributed by atoms with Crippen LogP contribution in [0.25, 0.3) is 22.4 Å². The number of halogens is 3. The highest BCUT2D eigenvalue weighted by atomic mass is 32.1. The van der Waals surface area contributed by atoms with Gasteiger partial charge in [0.2, 0.25) is 11.9 Å². The van der Waals surface area contributed by atoms with Crippen LogP contribution in [0, 0.1) is 0 Å². The van der Waals surface area contributed by atoms with Gasteiger partial charge in [-0.15, -0.1) is 0 Å². The maximum Gasteiger partial charge on any atom is 0.427 e. The van der Waals surface area contributed by atoms with Crippen LogP contribution in [0.1, 0.15) is 37.6 Å². The lowest BCUT2D eigenvalue weighted by Crippen LogP contribution is -2.38. The molecule has 0 spiro atoms. The number of carbonyl (C=O) groups excluding carboxylic acids is 1. The number of nitrogens with one attached hydrogen (secondary N) is 1. The molecular weight excluding hydrogens is 539 g/mol. The molecule has 0 aromatic carbocycles. The summed E-state index contributed by atoms with van der Waals surface area (Å²) in [4.78, 5) is 55.6. The molecule has 1 N–H and O–H groups in total. The summed E-state index contributed by atoms with van der Waals surface area (Å²) >= 11 is 0.278. The summed E-state index contributed by atoms with van der Waals surface area (Å²) in [6.45, 7) is 4.26. The summed E-state index contributed by atoms with van der Waals surface area (Å²) in [6.07, 6.45) is 1.05. The van der Waals surface area contributed by atoms with Crippen LogP contribution in [0.2, 0.25) is 0 Å². The third-order valence-electron chi connectivity index (χ3n) is 6.81. The highest BCUT2D eigenvalue weighted by Gasteiger charge is 2.38. The molecule has 1 aliphatic heterocycles. The number of fused-ring (bicyclic) bond motifs is 1. The first kappa shape index (κ1) is 26.5. The van der Waals surface area contributed by atoms with Crippen LogP contribution in [0.4, 0.5) is 24.3 Å². The Morgan fingerprint density at radius 3 is 2.46 bits per heavy atom. The fourth-order valence-corrected chi connectivity index (χ4v) is 5.44. The van der Waals surface area contributed by atoms with Gasteiger partial charge in [-0.1, -0.05) is 11.3 Å². The minimum Gasteiger partial charge on any atom is -0.338 e. The fraction of sp³-hybridized carbons (Fsp3) is 0.435. The van der Waals surface area contributed by atoms with E-state index in [1.54, 1.807) is 0 Å². The number of imidazole rings is 1. The van der Waals surface area contributed by atoms with Gasteiger partial charge < -0.3 is 14.8 Å². The first-order chi connectivity index (χ1) is 18.4. The zero-order chi connectivity index (χ0) is 28.2. The van der Waals surface area contributed by atoms with E-state index in [0.29, 0.717) is 5.95 Å². The van der Waals surface area contributed by atoms with E-state index >= 15 is 0 Å². The molecule has 0 aliphatic carbocycles. The second-order valence-corrected chi connectivity index (χ2v) is 10.3. The number of alkyl halides is 3. The number of hydrogen-bond acceptors (Lipinski definition) is 9. The Kier molecular flexibility index (Phi) is 6.52. The van der Waals surface area contributed by atoms with E-state index in [2.05, 4.69) is 25.3 Å². The monoisotopic (exact) mass is 563 g/mol. The van der Waals surface area contributed by atoms with E-state index < -0.39 is 39.9 Å². The van der Waals surface area contributed by atoms with Gasteiger partial charge >= 0.3 is 11.9 Å². The minimum atomic E-state index is -4.73. The molecule has 4 aromatic heterocycles. The molecule has 0 radical (unpaired) electrons. The molecule has 16 heteroatoms. The second-order valence-electron chi connectivity index (χ2n) is 9.35. The first-order valence-electron chi connectivity index (χ1n) is 12.0. The van der Waals surface area contributed by atoms with Gasteiger partial charge in [-0.3, -0.25) is 18.7 Å². The van der Waals surface area contributed by atoms with Crippen LogP contribution >= 0.6 is 11.3 Å². The molecule has 1 amide bonds. The third kappa shape index (κ3) is 4.57. The smallest absolute Gasteiger partial charge is 0.338 e. The standard InChI is InChI=1S/C23H24F3N9O3S/c1-11-6-5-7-34(11)20-27-8-13(9-28-20)14-16(23(24,25)26)39-21(30-14)31-18(36)12(2)35-10-29-17-15(35)19(37)33(4)22(38)32(17)3/h8-12H,5-7H2,1-4H3,(H,30,31,36). The van der Waals surface area contributed by atoms with Crippen molar-refractivity contribution in [2.24, 2.45) is 14.1 Å². The van der Waals surface area contributed by atoms with Crippen LogP contribution in [0.15, 0.2) is 28.3 Å². The predicted molar refractivity (Wildman–Crippen MR) is 138 cm³/mol. The number of aryl methyl sites for hydroxylation is 1. The minimum absolute atomic E-state index is 0.00242. The average molecular weight is 564 g/mol. The van der Waals surface area contributed by atoms with Crippen LogP contribution in [-0.2, 0) is 25.1 Å². The Morgan fingerprint density at radius 2 is 1.85 bits per heavy atom. The topological polar surface area (TPSA) is 133 Å². The molecule has 39 heavy (non-hydrogen) atoms. The first-order valence-corrected chi connectivity index (χ1v) is 12.8. The van der Waals surface area contributed by atoms with Crippen LogP contribution in [-0.4, -0.2) is 52.1 Å². The average Bonchev–Trinajstić information content (AvgIpc) is 3.64. The van der Waals surface area contributed by atoms with Gasteiger partial charge in [0.05, 0.1) is 12.0 Å². The van der Waals surface area contributed by atoms with Crippen molar-refractivity contribution in [2.45, 2.75) is 44.9 Å². The van der Waals surface area contributed by atoms with E-state index in [1.807, 2.05) is 11.8 Å². The van der Waals surface area contributed by atoms with Crippen molar-refractivity contribution in [3.05, 3.63) is 44.4 Å². The SMILES string of the molecule is CC1CCCN1c1ncc(-c2nc(NC(=O)C(C)n3cnc4c3c(=O)n(C)c(=O)n4C)sc2C(F)(F)F)cn1. The number of thiazole rings is 1. The number of aromatic nitrogens is 7. The Hall–Kier alpha value is -4.08. The molecule has 206 valence electrons. The van der Waals surface area contributed by atoms with Crippen LogP contribution in [0.3, 0.4) is 0 Å². The number of rotatable bonds is 5. The van der Waals surface area contributed by atoms with E-state index in [-0.39, 0.29) is 39.2 Å². The van der Waals surface area contributed by atoms with Crippen molar-refractivity contribution >= 4 is 39.5 Å². The predicted octanol–water partition coefficient (Wildman–Crippen LogP) is 2.55. The highest BCUT2D eigenvalue weighted by Crippen LogP contribution is 2.42. The molecule has 2 unspecified atom stereocenters. The van der Waals surface area contributed by atoms with Gasteiger partial charge in [0, 0.05) is 44.6 Å². The molecule has 0 saturated carbocycles. The lowest BCUT2D eigenvalue weighted by molar-refractivity contribution is -0.134. The summed E-state index contributed by atoms with van der Waals surface area (Å²) in [5.41, 5.74) is -1.50. The van der Waals surface area contributed by atoms with Gasteiger partial charge in [0.25, 0.3) is 5.56 Å². The van der Waals surface area contributed by atoms with E-state index in [1.165, 1.54) is 44.3 Å². The number of nitrogens with zero attached hydrogens (tertiary/aromatic N) is 8. The molecule has 0 bridgehead atoms. The Balaban J connectivity index is 1.45. The van der Waals surface area contributed by atoms with Crippen molar-refractivity contribution in [1.29, 1.82) is 0 Å². The van der Waals surface area contributed by atoms with Crippen LogP contribution in [0.5, 0.6) is 0 Å². The summed E-state index contributed by atoms with van der Waals surface area (Å²) in [5.74, 6) is -0.292. The summed E-state index contributed by atoms with van der Waals surface area (Å²) in [7, 11) is 2.73. The number of carbonyl (C=O) groups is 1. The molecule has 1 aliphatic rings. The Morgan fingerprint density at radius 1 is 1.15 bits per heavy atom. The molecule has 12 nitrogen and oxygen atoms in total. The molecule has 5 heterocycles. The highest BCUT2D eigenvalue weighted by molar-refractivity contribution is 7.16. The quantitative estimate of drug-likeness (QED) is 0.392. The zero-order valence-electron chi connectivity index (χ0n) is 21.4. The number of amides is 1. The largest absolute Gasteiger partial charge is 0.427 e. The summed E-state index contributed by atoms with van der Waals surface area (Å²) in [5, 5.41) is 2.13. The summed E-state index contributed by atoms with van der Waals surface area (Å²) in [6, 6.07) is -0.825. The number of anilines is 2. The van der Waals surface area contributed by atoms with E-state index in [9.17, 15) is 27.6 Å². The van der Waals surface area contributed by atoms with Gasteiger partial charge in [-0.25, -0.2) is 24.7 Å². The lowest BCUT2D eigenvalue weighted by Gasteiger charge is -2.20. The van der Waals surface area contributed by atoms with Gasteiger partial charge in [0.1, 0.15) is 10.9 Å². The summed E-state index contributed by atoms with van der Waals surface area (Å²) < 4.78 is 45.0. The normalized spacial score (nSPS) is 16.7. The Bertz CT molecular complexity index is 1690. The van der Waals surface area contributed by atoms with Crippen molar-refractivity contribution in [2.75, 3.05) is 16.8 Å². The van der Waals surface area contributed by atoms with E-state index in [0.717, 1.165) is 28.5 Å². The molecular formula is C23H24F3N9O3S. The molecule has 4 aromatic rings. The third-order valence-corrected chi connectivity index (χ3v) is 7.82. The van der Waals surface area contributed by atoms with Crippen molar-refractivity contribution < 1.29 is 18.0 Å². The zero-order valence-corrected chi connectivity index (χ0v) is 22.2. The lowest BCUT2D eigenvalue weighted by atomic mass is 10.2. The van der Waals surface area contributed by atoms with Gasteiger partial charge in [-0.05, 0) is 26.7 Å². The second kappa shape index (κ2) is 9.59. The number of hydrogen-bond donors (Lipinski definition) is 1. The fourth-order valence-electron chi connectivity index (χ4n) is 4.58. The van der Waals surface area contributed by atoms with Crippen LogP contribution < -0.4 is 21.5 Å². The van der Waals surface area contributed by atoms with E-state index in [4.69, 9.17) is 0 Å². The molecule has 5 rings (SSSR count). The van der Waals surface area contributed by atoms with Gasteiger partial charge in [-0.2, -0.15) is 13.2 Å². The maximum atomic E-state index is 13.9.